The Morgan fingerprint density at radius 3 is 2.34 bits per heavy atom. The van der Waals surface area contributed by atoms with Gasteiger partial charge >= 0.3 is 6.09 Å². The molecule has 8 nitrogen and oxygen atoms in total. The lowest BCUT2D eigenvalue weighted by atomic mass is 9.91. The summed E-state index contributed by atoms with van der Waals surface area (Å²) < 4.78 is 5.38. The summed E-state index contributed by atoms with van der Waals surface area (Å²) in [6.07, 6.45) is 11.0. The molecule has 1 saturated carbocycles. The van der Waals surface area contributed by atoms with E-state index < -0.39 is 17.7 Å². The van der Waals surface area contributed by atoms with Crippen LogP contribution in [0.25, 0.3) is 0 Å². The molecular weight excluding hydrogens is 556 g/mol. The van der Waals surface area contributed by atoms with E-state index in [1.807, 2.05) is 30.0 Å². The third-order valence-electron chi connectivity index (χ3n) is 7.56. The minimum absolute atomic E-state index is 0.0909. The van der Waals surface area contributed by atoms with E-state index in [1.54, 1.807) is 20.8 Å². The Labute approximate surface area is 255 Å². The lowest BCUT2D eigenvalue weighted by Crippen LogP contribution is -2.51. The fourth-order valence-electron chi connectivity index (χ4n) is 5.39. The highest BCUT2D eigenvalue weighted by Crippen LogP contribution is 2.26. The van der Waals surface area contributed by atoms with E-state index in [0.29, 0.717) is 11.6 Å². The molecule has 230 valence electrons. The summed E-state index contributed by atoms with van der Waals surface area (Å²) in [5.74, 6) is 2.84. The van der Waals surface area contributed by atoms with Crippen LogP contribution in [-0.4, -0.2) is 88.7 Å². The Bertz CT molecular complexity index is 942. The molecule has 3 amide bonds. The van der Waals surface area contributed by atoms with Gasteiger partial charge in [0.15, 0.2) is 0 Å². The van der Waals surface area contributed by atoms with Gasteiger partial charge in [-0.1, -0.05) is 49.6 Å². The number of nitrogens with zero attached hydrogens (tertiary/aromatic N) is 2. The Morgan fingerprint density at radius 1 is 1.02 bits per heavy atom. The second-order valence-electron chi connectivity index (χ2n) is 12.2. The predicted molar refractivity (Wildman–Crippen MR) is 170 cm³/mol. The largest absolute Gasteiger partial charge is 0.444 e. The average Bonchev–Trinajstić information content (AvgIpc) is 3.44. The molecule has 1 unspecified atom stereocenters. The standard InChI is InChI=1S/C23H34N4O4S.C8H16S/c1-23(2,3)31-22(30)27-16-32-15-19(27)21(29)24-13-20(28)25-18-9-11-26(12-10-18)14-17-7-5-4-6-8-17;1-9-7-8-5-3-2-4-6-8/h4-8,18-19H,9-16H2,1-3H3,(H,24,29)(H,25,28);8H,2-7H2,1H3. The molecule has 3 aliphatic rings. The van der Waals surface area contributed by atoms with E-state index in [2.05, 4.69) is 33.9 Å². The lowest BCUT2D eigenvalue weighted by molar-refractivity contribution is -0.128. The minimum atomic E-state index is -0.623. The van der Waals surface area contributed by atoms with E-state index >= 15 is 0 Å². The van der Waals surface area contributed by atoms with Crippen molar-refractivity contribution < 1.29 is 19.1 Å². The lowest BCUT2D eigenvalue weighted by Gasteiger charge is -2.32. The summed E-state index contributed by atoms with van der Waals surface area (Å²) in [6.45, 7) is 8.06. The van der Waals surface area contributed by atoms with Crippen molar-refractivity contribution in [2.45, 2.75) is 89.9 Å². The first-order valence-electron chi connectivity index (χ1n) is 15.0. The predicted octanol–water partition coefficient (Wildman–Crippen LogP) is 5.12. The molecule has 10 heteroatoms. The van der Waals surface area contributed by atoms with E-state index in [-0.39, 0.29) is 24.4 Å². The van der Waals surface area contributed by atoms with Gasteiger partial charge in [-0.3, -0.25) is 19.4 Å². The van der Waals surface area contributed by atoms with Crippen molar-refractivity contribution in [2.75, 3.05) is 43.3 Å². The maximum Gasteiger partial charge on any atom is 0.411 e. The SMILES string of the molecule is CC(C)(C)OC(=O)N1CSCC1C(=O)NCC(=O)NC1CCN(Cc2ccccc2)CC1.CSCC1CCCCC1. The van der Waals surface area contributed by atoms with Crippen molar-refractivity contribution in [2.24, 2.45) is 5.92 Å². The van der Waals surface area contributed by atoms with Gasteiger partial charge in [-0.25, -0.2) is 4.79 Å². The molecule has 1 atom stereocenters. The average molecular weight is 607 g/mol. The van der Waals surface area contributed by atoms with Gasteiger partial charge in [-0.05, 0) is 69.9 Å². The highest BCUT2D eigenvalue weighted by Gasteiger charge is 2.37. The van der Waals surface area contributed by atoms with Gasteiger partial charge in [0.2, 0.25) is 11.8 Å². The Hall–Kier alpha value is -1.91. The van der Waals surface area contributed by atoms with Crippen LogP contribution in [0.3, 0.4) is 0 Å². The van der Waals surface area contributed by atoms with Crippen LogP contribution in [0.1, 0.15) is 71.3 Å². The van der Waals surface area contributed by atoms with Crippen molar-refractivity contribution in [3.05, 3.63) is 35.9 Å². The summed E-state index contributed by atoms with van der Waals surface area (Å²) in [4.78, 5) is 41.1. The van der Waals surface area contributed by atoms with Crippen LogP contribution < -0.4 is 10.6 Å². The molecule has 4 rings (SSSR count). The van der Waals surface area contributed by atoms with Crippen LogP contribution in [0.2, 0.25) is 0 Å². The number of likely N-dealkylation sites (tertiary alicyclic amines) is 1. The molecule has 0 bridgehead atoms. The number of benzene rings is 1. The number of amides is 3. The maximum atomic E-state index is 12.6. The minimum Gasteiger partial charge on any atom is -0.444 e. The van der Waals surface area contributed by atoms with Crippen molar-refractivity contribution in [3.8, 4) is 0 Å². The van der Waals surface area contributed by atoms with Crippen molar-refractivity contribution in [1.82, 2.24) is 20.4 Å². The van der Waals surface area contributed by atoms with Crippen molar-refractivity contribution in [1.29, 1.82) is 0 Å². The summed E-state index contributed by atoms with van der Waals surface area (Å²) in [5, 5.41) is 5.70. The third-order valence-corrected chi connectivity index (χ3v) is 9.38. The first kappa shape index (κ1) is 33.6. The molecular formula is C31H50N4O4S2. The molecule has 2 heterocycles. The summed E-state index contributed by atoms with van der Waals surface area (Å²) in [5.41, 5.74) is 0.672. The second-order valence-corrected chi connectivity index (χ2v) is 14.2. The fraction of sp³-hybridized carbons (Fsp3) is 0.710. The Kier molecular flexibility index (Phi) is 14.1. The Morgan fingerprint density at radius 2 is 1.71 bits per heavy atom. The molecule has 0 radical (unpaired) electrons. The van der Waals surface area contributed by atoms with Gasteiger partial charge in [0, 0.05) is 31.4 Å². The topological polar surface area (TPSA) is 91.0 Å². The van der Waals surface area contributed by atoms with Crippen molar-refractivity contribution >= 4 is 41.4 Å². The first-order chi connectivity index (χ1) is 19.6. The van der Waals surface area contributed by atoms with Gasteiger partial charge in [0.05, 0.1) is 12.4 Å². The monoisotopic (exact) mass is 606 g/mol. The zero-order valence-electron chi connectivity index (χ0n) is 25.4. The van der Waals surface area contributed by atoms with Gasteiger partial charge in [-0.15, -0.1) is 11.8 Å². The number of hydrogen-bond acceptors (Lipinski definition) is 7. The van der Waals surface area contributed by atoms with Crippen LogP contribution >= 0.6 is 23.5 Å². The number of carbonyl (C=O) groups is 3. The van der Waals surface area contributed by atoms with E-state index in [4.69, 9.17) is 4.74 Å². The Balaban J connectivity index is 0.000000436. The molecule has 1 aromatic rings. The van der Waals surface area contributed by atoms with Crippen LogP contribution in [0, 0.1) is 5.92 Å². The summed E-state index contributed by atoms with van der Waals surface area (Å²) >= 11 is 3.50. The van der Waals surface area contributed by atoms with E-state index in [9.17, 15) is 14.4 Å². The highest BCUT2D eigenvalue weighted by atomic mass is 32.2. The number of hydrogen-bond donors (Lipinski definition) is 2. The number of carbonyl (C=O) groups excluding carboxylic acids is 3. The van der Waals surface area contributed by atoms with Crippen LogP contribution in [0.5, 0.6) is 0 Å². The summed E-state index contributed by atoms with van der Waals surface area (Å²) in [7, 11) is 0. The molecule has 0 aromatic heterocycles. The first-order valence-corrected chi connectivity index (χ1v) is 17.6. The summed E-state index contributed by atoms with van der Waals surface area (Å²) in [6, 6.07) is 9.87. The smallest absolute Gasteiger partial charge is 0.411 e. The van der Waals surface area contributed by atoms with Crippen LogP contribution in [0.4, 0.5) is 4.79 Å². The molecule has 41 heavy (non-hydrogen) atoms. The second kappa shape index (κ2) is 17.3. The van der Waals surface area contributed by atoms with Gasteiger partial charge in [-0.2, -0.15) is 11.8 Å². The third kappa shape index (κ3) is 12.5. The quantitative estimate of drug-likeness (QED) is 0.424. The fourth-order valence-corrected chi connectivity index (χ4v) is 7.34. The number of ether oxygens (including phenoxy) is 1. The van der Waals surface area contributed by atoms with Gasteiger partial charge in [0.25, 0.3) is 0 Å². The van der Waals surface area contributed by atoms with E-state index in [0.717, 1.165) is 38.4 Å². The zero-order valence-corrected chi connectivity index (χ0v) is 27.0. The number of rotatable bonds is 8. The molecule has 2 aliphatic heterocycles. The van der Waals surface area contributed by atoms with Gasteiger partial charge in [0.1, 0.15) is 11.6 Å². The highest BCUT2D eigenvalue weighted by molar-refractivity contribution is 7.99. The molecule has 0 spiro atoms. The maximum absolute atomic E-state index is 12.6. The molecule has 1 aliphatic carbocycles. The van der Waals surface area contributed by atoms with Crippen LogP contribution in [-0.2, 0) is 20.9 Å². The molecule has 2 saturated heterocycles. The number of thioether (sulfide) groups is 2. The molecule has 2 N–H and O–H groups in total. The van der Waals surface area contributed by atoms with Gasteiger partial charge < -0.3 is 15.4 Å². The molecule has 1 aromatic carbocycles. The zero-order chi connectivity index (χ0) is 29.7. The normalized spacial score (nSPS) is 20.6. The van der Waals surface area contributed by atoms with Crippen LogP contribution in [0.15, 0.2) is 30.3 Å². The van der Waals surface area contributed by atoms with Crippen molar-refractivity contribution in [3.63, 3.8) is 0 Å². The number of piperidine rings is 1. The number of nitrogens with one attached hydrogen (secondary N) is 2. The van der Waals surface area contributed by atoms with E-state index in [1.165, 1.54) is 60.1 Å². The molecule has 3 fully saturated rings.